The molecule has 0 radical (unpaired) electrons. The molecule has 1 aliphatic carbocycles. The number of urea groups is 1. The first kappa shape index (κ1) is 23.6. The number of hydrogen-bond donors (Lipinski definition) is 2. The molecule has 0 bridgehead atoms. The highest BCUT2D eigenvalue weighted by atomic mass is 32.2. The van der Waals surface area contributed by atoms with Gasteiger partial charge in [-0.3, -0.25) is 0 Å². The molecule has 36 heavy (non-hydrogen) atoms. The molecule has 1 heterocycles. The molecule has 5 rings (SSSR count). The summed E-state index contributed by atoms with van der Waals surface area (Å²) in [6.45, 7) is 0. The van der Waals surface area contributed by atoms with Crippen molar-refractivity contribution in [2.75, 3.05) is 7.11 Å². The Balaban J connectivity index is 1.49. The molecule has 1 fully saturated rings. The van der Waals surface area contributed by atoms with E-state index in [1.165, 1.54) is 12.1 Å². The van der Waals surface area contributed by atoms with Crippen molar-refractivity contribution in [3.63, 3.8) is 0 Å². The van der Waals surface area contributed by atoms with Crippen molar-refractivity contribution in [1.29, 1.82) is 0 Å². The second kappa shape index (κ2) is 9.12. The zero-order chi connectivity index (χ0) is 25.3. The summed E-state index contributed by atoms with van der Waals surface area (Å²) < 4.78 is 48.6. The van der Waals surface area contributed by atoms with Crippen LogP contribution >= 0.6 is 0 Å². The minimum atomic E-state index is -4.43. The summed E-state index contributed by atoms with van der Waals surface area (Å²) in [4.78, 5) is 17.0. The topological polar surface area (TPSA) is 102 Å². The number of nitrogens with one attached hydrogen (secondary N) is 2. The Morgan fingerprint density at radius 3 is 2.44 bits per heavy atom. The number of methoxy groups -OCH3 is 1. The van der Waals surface area contributed by atoms with Gasteiger partial charge in [-0.25, -0.2) is 27.3 Å². The fourth-order valence-corrected chi connectivity index (χ4v) is 5.43. The molecule has 3 aromatic carbocycles. The number of carbonyl (C=O) groups excluding carboxylic acids is 1. The van der Waals surface area contributed by atoms with E-state index in [0.717, 1.165) is 23.4 Å². The maximum Gasteiger partial charge on any atom is 0.329 e. The van der Waals surface area contributed by atoms with Gasteiger partial charge in [-0.15, -0.1) is 0 Å². The van der Waals surface area contributed by atoms with Crippen molar-refractivity contribution in [3.8, 4) is 11.4 Å². The van der Waals surface area contributed by atoms with Crippen LogP contribution in [0.5, 0.6) is 5.75 Å². The molecule has 184 valence electrons. The number of amides is 2. The Hall–Kier alpha value is -4.18. The predicted octanol–water partition coefficient (Wildman–Crippen LogP) is 4.09. The van der Waals surface area contributed by atoms with Crippen LogP contribution in [0.25, 0.3) is 5.69 Å². The lowest BCUT2D eigenvalue weighted by Crippen LogP contribution is -2.46. The first-order valence-electron chi connectivity index (χ1n) is 11.2. The summed E-state index contributed by atoms with van der Waals surface area (Å²) in [5, 5.41) is 2.84. The molecule has 1 unspecified atom stereocenters. The van der Waals surface area contributed by atoms with E-state index in [-0.39, 0.29) is 5.92 Å². The van der Waals surface area contributed by atoms with Crippen LogP contribution in [0.3, 0.4) is 0 Å². The van der Waals surface area contributed by atoms with Gasteiger partial charge in [-0.2, -0.15) is 0 Å². The van der Waals surface area contributed by atoms with Gasteiger partial charge in [-0.1, -0.05) is 42.5 Å². The van der Waals surface area contributed by atoms with Crippen LogP contribution in [0.4, 0.5) is 9.18 Å². The van der Waals surface area contributed by atoms with Crippen molar-refractivity contribution in [2.45, 2.75) is 22.8 Å². The second-order valence-corrected chi connectivity index (χ2v) is 10.1. The maximum absolute atomic E-state index is 14.1. The molecule has 0 saturated heterocycles. The molecule has 0 spiro atoms. The minimum absolute atomic E-state index is 0.153. The van der Waals surface area contributed by atoms with E-state index in [4.69, 9.17) is 4.74 Å². The lowest BCUT2D eigenvalue weighted by Gasteiger charge is -2.21. The van der Waals surface area contributed by atoms with E-state index in [0.29, 0.717) is 18.0 Å². The summed E-state index contributed by atoms with van der Waals surface area (Å²) in [5.74, 6) is 0.135. The molecule has 2 amide bonds. The number of nitrogens with zero attached hydrogens (tertiary/aromatic N) is 2. The lowest BCUT2D eigenvalue weighted by atomic mass is 10.1. The fraction of sp³-hybridized carbons (Fsp3) is 0.154. The SMILES string of the molecule is COc1ccc(-n2ccnc2C2(NC(=O)NS(=O)(=O)c3ccccc3F)C[C@@H]2c2ccccc2)cc1. The molecule has 0 aliphatic heterocycles. The van der Waals surface area contributed by atoms with Gasteiger partial charge in [0.2, 0.25) is 0 Å². The first-order valence-corrected chi connectivity index (χ1v) is 12.6. The van der Waals surface area contributed by atoms with Gasteiger partial charge in [-0.05, 0) is 48.4 Å². The number of ether oxygens (including phenoxy) is 1. The molecule has 2 N–H and O–H groups in total. The summed E-state index contributed by atoms with van der Waals surface area (Å²) in [7, 11) is -2.85. The number of benzene rings is 3. The Labute approximate surface area is 207 Å². The molecule has 4 aromatic rings. The average molecular weight is 507 g/mol. The Morgan fingerprint density at radius 1 is 1.06 bits per heavy atom. The van der Waals surface area contributed by atoms with Crippen molar-refractivity contribution in [3.05, 3.63) is 108 Å². The quantitative estimate of drug-likeness (QED) is 0.393. The molecular formula is C26H23FN4O4S. The van der Waals surface area contributed by atoms with Crippen LogP contribution in [0.2, 0.25) is 0 Å². The standard InChI is InChI=1S/C26H23FN4O4S/c1-35-20-13-11-19(12-14-20)31-16-15-28-24(31)26(17-21(26)18-7-3-2-4-8-18)29-25(32)30-36(33,34)23-10-6-5-9-22(23)27/h2-16,21H,17H2,1H3,(H2,29,30,32)/t21-,26?/m1/s1. The van der Waals surface area contributed by atoms with E-state index in [9.17, 15) is 17.6 Å². The fourth-order valence-electron chi connectivity index (χ4n) is 4.44. The van der Waals surface area contributed by atoms with E-state index in [1.54, 1.807) is 19.5 Å². The number of sulfonamides is 1. The zero-order valence-corrected chi connectivity index (χ0v) is 20.1. The van der Waals surface area contributed by atoms with Crippen LogP contribution < -0.4 is 14.8 Å². The number of hydrogen-bond acceptors (Lipinski definition) is 5. The second-order valence-electron chi connectivity index (χ2n) is 8.45. The van der Waals surface area contributed by atoms with Gasteiger partial charge in [0, 0.05) is 24.0 Å². The van der Waals surface area contributed by atoms with Gasteiger partial charge in [0.25, 0.3) is 10.0 Å². The number of aromatic nitrogens is 2. The molecule has 1 aromatic heterocycles. The third-order valence-corrected chi connectivity index (χ3v) is 7.61. The van der Waals surface area contributed by atoms with E-state index in [1.807, 2.05) is 63.9 Å². The third-order valence-electron chi connectivity index (χ3n) is 6.24. The van der Waals surface area contributed by atoms with E-state index < -0.39 is 32.3 Å². The predicted molar refractivity (Wildman–Crippen MR) is 131 cm³/mol. The van der Waals surface area contributed by atoms with Gasteiger partial charge in [0.1, 0.15) is 27.8 Å². The third kappa shape index (κ3) is 4.31. The number of rotatable bonds is 7. The summed E-state index contributed by atoms with van der Waals surface area (Å²) in [5.41, 5.74) is 0.779. The van der Waals surface area contributed by atoms with Crippen LogP contribution in [0.15, 0.2) is 96.2 Å². The van der Waals surface area contributed by atoms with Crippen molar-refractivity contribution >= 4 is 16.1 Å². The summed E-state index contributed by atoms with van der Waals surface area (Å²) in [6.07, 6.45) is 3.89. The number of imidazole rings is 1. The normalized spacial score (nSPS) is 18.9. The smallest absolute Gasteiger partial charge is 0.329 e. The summed E-state index contributed by atoms with van der Waals surface area (Å²) in [6, 6.07) is 20.8. The molecule has 1 aliphatic rings. The minimum Gasteiger partial charge on any atom is -0.497 e. The van der Waals surface area contributed by atoms with Crippen LogP contribution in [0, 0.1) is 5.82 Å². The van der Waals surface area contributed by atoms with Crippen LogP contribution in [0.1, 0.15) is 23.7 Å². The lowest BCUT2D eigenvalue weighted by molar-refractivity contribution is 0.239. The molecule has 2 atom stereocenters. The van der Waals surface area contributed by atoms with Crippen LogP contribution in [-0.4, -0.2) is 31.1 Å². The Kier molecular flexibility index (Phi) is 5.97. The summed E-state index contributed by atoms with van der Waals surface area (Å²) >= 11 is 0. The Bertz CT molecular complexity index is 1510. The largest absolute Gasteiger partial charge is 0.497 e. The average Bonchev–Trinajstić information content (AvgIpc) is 3.37. The van der Waals surface area contributed by atoms with Gasteiger partial charge >= 0.3 is 6.03 Å². The molecular weight excluding hydrogens is 483 g/mol. The highest BCUT2D eigenvalue weighted by Crippen LogP contribution is 2.58. The maximum atomic E-state index is 14.1. The highest BCUT2D eigenvalue weighted by molar-refractivity contribution is 7.90. The monoisotopic (exact) mass is 506 g/mol. The van der Waals surface area contributed by atoms with Crippen molar-refractivity contribution in [2.24, 2.45) is 0 Å². The highest BCUT2D eigenvalue weighted by Gasteiger charge is 2.60. The molecule has 10 heteroatoms. The first-order chi connectivity index (χ1) is 17.3. The van der Waals surface area contributed by atoms with E-state index >= 15 is 0 Å². The molecule has 1 saturated carbocycles. The van der Waals surface area contributed by atoms with Crippen molar-refractivity contribution in [1.82, 2.24) is 19.6 Å². The van der Waals surface area contributed by atoms with Crippen molar-refractivity contribution < 1.29 is 22.3 Å². The number of carbonyl (C=O) groups is 1. The van der Waals surface area contributed by atoms with Gasteiger partial charge in [0.05, 0.1) is 7.11 Å². The van der Waals surface area contributed by atoms with Crippen LogP contribution in [-0.2, 0) is 15.6 Å². The zero-order valence-electron chi connectivity index (χ0n) is 19.3. The Morgan fingerprint density at radius 2 is 1.75 bits per heavy atom. The number of halogens is 1. The van der Waals surface area contributed by atoms with Gasteiger partial charge < -0.3 is 14.6 Å². The van der Waals surface area contributed by atoms with E-state index in [2.05, 4.69) is 10.3 Å². The molecule has 8 nitrogen and oxygen atoms in total. The van der Waals surface area contributed by atoms with Gasteiger partial charge in [0.15, 0.2) is 0 Å².